The van der Waals surface area contributed by atoms with Crippen LogP contribution in [0.1, 0.15) is 5.56 Å². The van der Waals surface area contributed by atoms with Crippen molar-refractivity contribution in [3.63, 3.8) is 0 Å². The summed E-state index contributed by atoms with van der Waals surface area (Å²) in [7, 11) is 0. The number of para-hydroxylation sites is 1. The molecule has 0 radical (unpaired) electrons. The molecule has 0 saturated carbocycles. The van der Waals surface area contributed by atoms with E-state index >= 15 is 0 Å². The summed E-state index contributed by atoms with van der Waals surface area (Å²) in [6.45, 7) is 0.473. The molecule has 0 amide bonds. The number of hydrogen-bond acceptors (Lipinski definition) is 4. The Balaban J connectivity index is 2.06. The molecule has 4 rings (SSSR count). The van der Waals surface area contributed by atoms with Crippen LogP contribution in [0.4, 0.5) is 0 Å². The Hall–Kier alpha value is -2.60. The highest BCUT2D eigenvalue weighted by molar-refractivity contribution is 7.98. The molecular formula is C17H14N4OS. The van der Waals surface area contributed by atoms with Gasteiger partial charge in [-0.2, -0.15) is 9.50 Å². The van der Waals surface area contributed by atoms with Crippen molar-refractivity contribution in [2.75, 3.05) is 6.26 Å². The number of rotatable bonds is 3. The predicted octanol–water partition coefficient (Wildman–Crippen LogP) is 2.81. The Morgan fingerprint density at radius 2 is 1.78 bits per heavy atom. The third kappa shape index (κ3) is 2.31. The molecule has 2 aromatic carbocycles. The van der Waals surface area contributed by atoms with Gasteiger partial charge in [0.15, 0.2) is 0 Å². The van der Waals surface area contributed by atoms with Gasteiger partial charge in [-0.15, -0.1) is 5.10 Å². The minimum atomic E-state index is -0.0444. The van der Waals surface area contributed by atoms with E-state index in [-0.39, 0.29) is 5.56 Å². The lowest BCUT2D eigenvalue weighted by atomic mass is 10.2. The van der Waals surface area contributed by atoms with Gasteiger partial charge in [-0.05, 0) is 24.0 Å². The topological polar surface area (TPSA) is 52.2 Å². The number of thioether (sulfide) groups is 1. The molecule has 4 aromatic rings. The van der Waals surface area contributed by atoms with Crippen LogP contribution >= 0.6 is 11.8 Å². The normalized spacial score (nSPS) is 11.3. The largest absolute Gasteiger partial charge is 0.272 e. The molecule has 6 heteroatoms. The monoisotopic (exact) mass is 322 g/mol. The lowest BCUT2D eigenvalue weighted by Crippen LogP contribution is -2.24. The molecule has 0 aliphatic heterocycles. The van der Waals surface area contributed by atoms with Crippen molar-refractivity contribution in [3.8, 4) is 0 Å². The minimum absolute atomic E-state index is 0.0444. The summed E-state index contributed by atoms with van der Waals surface area (Å²) in [5, 5.41) is 5.81. The van der Waals surface area contributed by atoms with E-state index in [0.717, 1.165) is 11.1 Å². The molecule has 5 nitrogen and oxygen atoms in total. The van der Waals surface area contributed by atoms with Gasteiger partial charge in [-0.3, -0.25) is 9.36 Å². The third-order valence-electron chi connectivity index (χ3n) is 3.79. The molecule has 2 aromatic heterocycles. The lowest BCUT2D eigenvalue weighted by Gasteiger charge is -2.09. The van der Waals surface area contributed by atoms with Crippen LogP contribution in [-0.2, 0) is 6.54 Å². The van der Waals surface area contributed by atoms with E-state index in [1.165, 1.54) is 11.8 Å². The van der Waals surface area contributed by atoms with Gasteiger partial charge in [0.25, 0.3) is 5.56 Å². The molecule has 0 aliphatic carbocycles. The average molecular weight is 322 g/mol. The highest BCUT2D eigenvalue weighted by Gasteiger charge is 2.14. The fraction of sp³-hybridized carbons (Fsp3) is 0.118. The number of hydrogen-bond donors (Lipinski definition) is 0. The molecule has 0 aliphatic rings. The van der Waals surface area contributed by atoms with E-state index in [1.807, 2.05) is 60.9 Å². The van der Waals surface area contributed by atoms with Gasteiger partial charge < -0.3 is 0 Å². The summed E-state index contributed by atoms with van der Waals surface area (Å²) in [6, 6.07) is 17.4. The first-order valence-electron chi connectivity index (χ1n) is 7.24. The Kier molecular flexibility index (Phi) is 3.38. The second-order valence-corrected chi connectivity index (χ2v) is 5.98. The molecule has 114 valence electrons. The summed E-state index contributed by atoms with van der Waals surface area (Å²) < 4.78 is 3.44. The average Bonchev–Trinajstić information content (AvgIpc) is 3.04. The Bertz CT molecular complexity index is 1050. The van der Waals surface area contributed by atoms with E-state index < -0.39 is 0 Å². The summed E-state index contributed by atoms with van der Waals surface area (Å²) in [5.41, 5.74) is 1.79. The zero-order valence-electron chi connectivity index (χ0n) is 12.5. The maximum absolute atomic E-state index is 12.9. The quantitative estimate of drug-likeness (QED) is 0.544. The van der Waals surface area contributed by atoms with Gasteiger partial charge in [0.2, 0.25) is 10.9 Å². The summed E-state index contributed by atoms with van der Waals surface area (Å²) >= 11 is 1.47. The van der Waals surface area contributed by atoms with Gasteiger partial charge >= 0.3 is 0 Å². The van der Waals surface area contributed by atoms with Crippen LogP contribution in [0.25, 0.3) is 16.7 Å². The van der Waals surface area contributed by atoms with Gasteiger partial charge in [-0.1, -0.05) is 54.2 Å². The van der Waals surface area contributed by atoms with Crippen LogP contribution in [0.15, 0.2) is 64.5 Å². The van der Waals surface area contributed by atoms with E-state index in [9.17, 15) is 4.79 Å². The van der Waals surface area contributed by atoms with Crippen molar-refractivity contribution in [2.45, 2.75) is 11.7 Å². The zero-order chi connectivity index (χ0) is 15.8. The predicted molar refractivity (Wildman–Crippen MR) is 92.1 cm³/mol. The maximum atomic E-state index is 12.9. The molecule has 0 bridgehead atoms. The lowest BCUT2D eigenvalue weighted by molar-refractivity contribution is 0.758. The van der Waals surface area contributed by atoms with E-state index in [0.29, 0.717) is 22.9 Å². The summed E-state index contributed by atoms with van der Waals surface area (Å²) in [6.07, 6.45) is 1.93. The molecule has 0 atom stereocenters. The van der Waals surface area contributed by atoms with Crippen LogP contribution < -0.4 is 5.56 Å². The molecule has 0 unspecified atom stereocenters. The number of fused-ring (bicyclic) bond motifs is 3. The Morgan fingerprint density at radius 3 is 2.57 bits per heavy atom. The van der Waals surface area contributed by atoms with Crippen LogP contribution in [0, 0.1) is 0 Å². The third-order valence-corrected chi connectivity index (χ3v) is 4.32. The van der Waals surface area contributed by atoms with Crippen molar-refractivity contribution in [1.29, 1.82) is 0 Å². The van der Waals surface area contributed by atoms with Crippen LogP contribution in [0.5, 0.6) is 0 Å². The molecular weight excluding hydrogens is 308 g/mol. The highest BCUT2D eigenvalue weighted by Crippen LogP contribution is 2.16. The van der Waals surface area contributed by atoms with Crippen molar-refractivity contribution in [2.24, 2.45) is 0 Å². The standard InChI is InChI=1S/C17H14N4OS/c1-23-16-18-17-20(11-12-7-3-2-4-8-12)15(22)13-9-5-6-10-14(13)21(17)19-16/h2-10H,11H2,1H3. The van der Waals surface area contributed by atoms with Gasteiger partial charge in [0.05, 0.1) is 17.4 Å². The molecule has 0 spiro atoms. The highest BCUT2D eigenvalue weighted by atomic mass is 32.2. The van der Waals surface area contributed by atoms with Crippen molar-refractivity contribution >= 4 is 28.4 Å². The van der Waals surface area contributed by atoms with Crippen molar-refractivity contribution in [1.82, 2.24) is 19.2 Å². The van der Waals surface area contributed by atoms with Crippen LogP contribution in [0.2, 0.25) is 0 Å². The first kappa shape index (κ1) is 14.0. The fourth-order valence-corrected chi connectivity index (χ4v) is 3.03. The Morgan fingerprint density at radius 1 is 1.04 bits per heavy atom. The minimum Gasteiger partial charge on any atom is -0.272 e. The molecule has 0 saturated heterocycles. The first-order chi connectivity index (χ1) is 11.3. The maximum Gasteiger partial charge on any atom is 0.263 e. The fourth-order valence-electron chi connectivity index (χ4n) is 2.69. The number of benzene rings is 2. The second-order valence-electron chi connectivity index (χ2n) is 5.20. The molecule has 0 fully saturated rings. The van der Waals surface area contributed by atoms with Crippen LogP contribution in [0.3, 0.4) is 0 Å². The van der Waals surface area contributed by atoms with Gasteiger partial charge in [0.1, 0.15) is 0 Å². The molecule has 0 N–H and O–H groups in total. The second kappa shape index (κ2) is 5.55. The summed E-state index contributed by atoms with van der Waals surface area (Å²) in [5.74, 6) is 0.571. The van der Waals surface area contributed by atoms with E-state index in [2.05, 4.69) is 10.1 Å². The molecule has 2 heterocycles. The SMILES string of the molecule is CSc1nc2n(Cc3ccccc3)c(=O)c3ccccc3n2n1. The summed E-state index contributed by atoms with van der Waals surface area (Å²) in [4.78, 5) is 17.4. The van der Waals surface area contributed by atoms with Crippen molar-refractivity contribution < 1.29 is 0 Å². The smallest absolute Gasteiger partial charge is 0.263 e. The number of nitrogens with zero attached hydrogens (tertiary/aromatic N) is 4. The van der Waals surface area contributed by atoms with Crippen molar-refractivity contribution in [3.05, 3.63) is 70.5 Å². The van der Waals surface area contributed by atoms with Gasteiger partial charge in [-0.25, -0.2) is 0 Å². The van der Waals surface area contributed by atoms with Gasteiger partial charge in [0, 0.05) is 0 Å². The number of aromatic nitrogens is 4. The van der Waals surface area contributed by atoms with Crippen LogP contribution in [-0.4, -0.2) is 25.4 Å². The van der Waals surface area contributed by atoms with E-state index in [4.69, 9.17) is 0 Å². The van der Waals surface area contributed by atoms with E-state index in [1.54, 1.807) is 9.08 Å². The first-order valence-corrected chi connectivity index (χ1v) is 8.46. The Labute approximate surface area is 136 Å². The molecule has 23 heavy (non-hydrogen) atoms. The zero-order valence-corrected chi connectivity index (χ0v) is 13.3.